The Morgan fingerprint density at radius 2 is 2.27 bits per heavy atom. The Morgan fingerprint density at radius 3 is 3.05 bits per heavy atom. The first kappa shape index (κ1) is 14.3. The third-order valence-electron chi connectivity index (χ3n) is 3.08. The average Bonchev–Trinajstić information content (AvgIpc) is 2.94. The highest BCUT2D eigenvalue weighted by Crippen LogP contribution is 2.20. The summed E-state index contributed by atoms with van der Waals surface area (Å²) in [7, 11) is 1.33. The Hall–Kier alpha value is -2.60. The molecule has 0 fully saturated rings. The molecule has 2 heterocycles. The minimum absolute atomic E-state index is 0.397. The van der Waals surface area contributed by atoms with Gasteiger partial charge in [-0.3, -0.25) is 4.40 Å². The highest BCUT2D eigenvalue weighted by Gasteiger charge is 2.09. The van der Waals surface area contributed by atoms with E-state index in [0.29, 0.717) is 22.9 Å². The van der Waals surface area contributed by atoms with Crippen LogP contribution in [0.15, 0.2) is 42.9 Å². The fourth-order valence-electron chi connectivity index (χ4n) is 2.08. The van der Waals surface area contributed by atoms with Crippen LogP contribution in [0.5, 0.6) is 0 Å². The highest BCUT2D eigenvalue weighted by molar-refractivity contribution is 6.31. The molecule has 0 aliphatic rings. The van der Waals surface area contributed by atoms with Crippen LogP contribution in [0.3, 0.4) is 0 Å². The molecule has 2 aromatic heterocycles. The number of anilines is 1. The number of esters is 1. The standard InChI is InChI=1S/C15H13ClN4O2/c1-22-14(21)10-5-11(16)7-12(6-10)18-8-13-9-20-4-2-3-17-15(20)19-13/h2-7,9,18H,8H2,1H3. The molecule has 0 unspecified atom stereocenters. The lowest BCUT2D eigenvalue weighted by molar-refractivity contribution is 0.0601. The SMILES string of the molecule is COC(=O)c1cc(Cl)cc(NCc2cn3cccnc3n2)c1. The molecule has 6 nitrogen and oxygen atoms in total. The van der Waals surface area contributed by atoms with Gasteiger partial charge in [0.15, 0.2) is 0 Å². The number of halogens is 1. The lowest BCUT2D eigenvalue weighted by Gasteiger charge is -2.07. The molecule has 0 radical (unpaired) electrons. The van der Waals surface area contributed by atoms with Crippen molar-refractivity contribution in [3.05, 3.63) is 59.1 Å². The molecule has 0 spiro atoms. The van der Waals surface area contributed by atoms with E-state index in [4.69, 9.17) is 16.3 Å². The molecule has 0 amide bonds. The number of nitrogens with one attached hydrogen (secondary N) is 1. The summed E-state index contributed by atoms with van der Waals surface area (Å²) in [4.78, 5) is 20.1. The van der Waals surface area contributed by atoms with Crippen molar-refractivity contribution >= 4 is 29.0 Å². The van der Waals surface area contributed by atoms with E-state index in [9.17, 15) is 4.79 Å². The summed E-state index contributed by atoms with van der Waals surface area (Å²) in [6.45, 7) is 0.490. The third kappa shape index (κ3) is 3.01. The monoisotopic (exact) mass is 316 g/mol. The van der Waals surface area contributed by atoms with E-state index in [1.807, 2.05) is 22.9 Å². The lowest BCUT2D eigenvalue weighted by Crippen LogP contribution is -2.04. The van der Waals surface area contributed by atoms with Gasteiger partial charge in [0.2, 0.25) is 5.78 Å². The predicted molar refractivity (Wildman–Crippen MR) is 83.1 cm³/mol. The van der Waals surface area contributed by atoms with Gasteiger partial charge in [-0.2, -0.15) is 0 Å². The molecule has 7 heteroatoms. The molecule has 0 bridgehead atoms. The molecule has 0 aliphatic heterocycles. The summed E-state index contributed by atoms with van der Waals surface area (Å²) in [5, 5.41) is 3.65. The topological polar surface area (TPSA) is 68.5 Å². The van der Waals surface area contributed by atoms with Crippen LogP contribution in [0.4, 0.5) is 5.69 Å². The molecule has 3 rings (SSSR count). The summed E-state index contributed by atoms with van der Waals surface area (Å²) in [5.41, 5.74) is 1.95. The van der Waals surface area contributed by atoms with Crippen molar-refractivity contribution in [1.82, 2.24) is 14.4 Å². The third-order valence-corrected chi connectivity index (χ3v) is 3.30. The van der Waals surface area contributed by atoms with Gasteiger partial charge in [0.25, 0.3) is 0 Å². The Balaban J connectivity index is 1.78. The van der Waals surface area contributed by atoms with Crippen LogP contribution >= 0.6 is 11.6 Å². The molecule has 0 aliphatic carbocycles. The minimum atomic E-state index is -0.428. The van der Waals surface area contributed by atoms with Crippen LogP contribution in [0.2, 0.25) is 5.02 Å². The van der Waals surface area contributed by atoms with Gasteiger partial charge >= 0.3 is 5.97 Å². The second-order valence-corrected chi connectivity index (χ2v) is 5.07. The van der Waals surface area contributed by atoms with E-state index >= 15 is 0 Å². The molecule has 112 valence electrons. The fraction of sp³-hybridized carbons (Fsp3) is 0.133. The van der Waals surface area contributed by atoms with Crippen molar-refractivity contribution in [3.63, 3.8) is 0 Å². The van der Waals surface area contributed by atoms with Crippen molar-refractivity contribution in [1.29, 1.82) is 0 Å². The van der Waals surface area contributed by atoms with Gasteiger partial charge in [0.1, 0.15) is 0 Å². The summed E-state index contributed by atoms with van der Waals surface area (Å²) in [5.74, 6) is 0.211. The summed E-state index contributed by atoms with van der Waals surface area (Å²) in [6, 6.07) is 6.83. The Labute approximate surface area is 131 Å². The molecular formula is C15H13ClN4O2. The fourth-order valence-corrected chi connectivity index (χ4v) is 2.32. The number of hydrogen-bond donors (Lipinski definition) is 1. The number of imidazole rings is 1. The maximum atomic E-state index is 11.6. The number of ether oxygens (including phenoxy) is 1. The van der Waals surface area contributed by atoms with Gasteiger partial charge in [-0.1, -0.05) is 11.6 Å². The van der Waals surface area contributed by atoms with Gasteiger partial charge in [0.05, 0.1) is 24.9 Å². The molecule has 22 heavy (non-hydrogen) atoms. The molecule has 0 saturated carbocycles. The van der Waals surface area contributed by atoms with E-state index in [0.717, 1.165) is 11.4 Å². The molecular weight excluding hydrogens is 304 g/mol. The van der Waals surface area contributed by atoms with E-state index in [1.165, 1.54) is 7.11 Å². The van der Waals surface area contributed by atoms with Crippen LogP contribution in [0.1, 0.15) is 16.1 Å². The van der Waals surface area contributed by atoms with Crippen LogP contribution in [0, 0.1) is 0 Å². The Morgan fingerprint density at radius 1 is 1.41 bits per heavy atom. The molecule has 3 aromatic rings. The number of methoxy groups -OCH3 is 1. The number of aromatic nitrogens is 3. The van der Waals surface area contributed by atoms with Crippen LogP contribution in [-0.4, -0.2) is 27.4 Å². The summed E-state index contributed by atoms with van der Waals surface area (Å²) < 4.78 is 6.54. The van der Waals surface area contributed by atoms with Crippen LogP contribution < -0.4 is 5.32 Å². The van der Waals surface area contributed by atoms with Gasteiger partial charge in [-0.25, -0.2) is 14.8 Å². The largest absolute Gasteiger partial charge is 0.465 e. The van der Waals surface area contributed by atoms with Crippen molar-refractivity contribution < 1.29 is 9.53 Å². The molecule has 0 saturated heterocycles. The minimum Gasteiger partial charge on any atom is -0.465 e. The average molecular weight is 317 g/mol. The van der Waals surface area contributed by atoms with Crippen LogP contribution in [-0.2, 0) is 11.3 Å². The first-order chi connectivity index (χ1) is 10.7. The second kappa shape index (κ2) is 6.03. The first-order valence-electron chi connectivity index (χ1n) is 6.57. The van der Waals surface area contributed by atoms with E-state index in [2.05, 4.69) is 15.3 Å². The zero-order valence-corrected chi connectivity index (χ0v) is 12.5. The van der Waals surface area contributed by atoms with Crippen molar-refractivity contribution in [2.75, 3.05) is 12.4 Å². The quantitative estimate of drug-likeness (QED) is 0.750. The highest BCUT2D eigenvalue weighted by atomic mass is 35.5. The number of nitrogens with zero attached hydrogens (tertiary/aromatic N) is 3. The zero-order chi connectivity index (χ0) is 15.5. The van der Waals surface area contributed by atoms with Crippen molar-refractivity contribution in [2.45, 2.75) is 6.54 Å². The maximum Gasteiger partial charge on any atom is 0.337 e. The normalized spacial score (nSPS) is 10.6. The smallest absolute Gasteiger partial charge is 0.337 e. The Kier molecular flexibility index (Phi) is 3.93. The maximum absolute atomic E-state index is 11.6. The predicted octanol–water partition coefficient (Wildman–Crippen LogP) is 2.78. The molecule has 1 aromatic carbocycles. The molecule has 0 atom stereocenters. The van der Waals surface area contributed by atoms with Crippen molar-refractivity contribution in [3.8, 4) is 0 Å². The number of benzene rings is 1. The number of rotatable bonds is 4. The Bertz CT molecular complexity index is 798. The van der Waals surface area contributed by atoms with E-state index in [1.54, 1.807) is 24.4 Å². The molecule has 1 N–H and O–H groups in total. The van der Waals surface area contributed by atoms with Gasteiger partial charge < -0.3 is 10.1 Å². The number of carbonyl (C=O) groups excluding carboxylic acids is 1. The second-order valence-electron chi connectivity index (χ2n) is 4.63. The van der Waals surface area contributed by atoms with Gasteiger partial charge in [0, 0.05) is 29.3 Å². The van der Waals surface area contributed by atoms with Crippen molar-refractivity contribution in [2.24, 2.45) is 0 Å². The number of fused-ring (bicyclic) bond motifs is 1. The zero-order valence-electron chi connectivity index (χ0n) is 11.8. The van der Waals surface area contributed by atoms with Gasteiger partial charge in [-0.15, -0.1) is 0 Å². The van der Waals surface area contributed by atoms with E-state index in [-0.39, 0.29) is 0 Å². The summed E-state index contributed by atoms with van der Waals surface area (Å²) in [6.07, 6.45) is 5.47. The first-order valence-corrected chi connectivity index (χ1v) is 6.95. The van der Waals surface area contributed by atoms with Gasteiger partial charge in [-0.05, 0) is 24.3 Å². The number of hydrogen-bond acceptors (Lipinski definition) is 5. The van der Waals surface area contributed by atoms with E-state index < -0.39 is 5.97 Å². The summed E-state index contributed by atoms with van der Waals surface area (Å²) >= 11 is 6.02. The van der Waals surface area contributed by atoms with Crippen LogP contribution in [0.25, 0.3) is 5.78 Å². The lowest BCUT2D eigenvalue weighted by atomic mass is 10.2. The number of carbonyl (C=O) groups is 1.